The number of sulfone groups is 1. The van der Waals surface area contributed by atoms with Gasteiger partial charge < -0.3 is 10.6 Å². The van der Waals surface area contributed by atoms with Crippen molar-refractivity contribution in [2.24, 2.45) is 0 Å². The molecule has 2 N–H and O–H groups in total. The van der Waals surface area contributed by atoms with Crippen molar-refractivity contribution < 1.29 is 18.0 Å². The van der Waals surface area contributed by atoms with E-state index in [2.05, 4.69) is 10.6 Å². The summed E-state index contributed by atoms with van der Waals surface area (Å²) in [6, 6.07) is 9.15. The summed E-state index contributed by atoms with van der Waals surface area (Å²) >= 11 is 1.45. The standard InChI is InChI=1S/C22H24N2O4S2/c25-19(11-10-15-6-2-1-3-7-15)24-22-20(17-8-4-5-9-18(17)29-22)21(26)23-16-12-13-30(27,28)14-16/h1-3,6-7,10-11,16H,4-5,8-9,12-14H2,(H,23,26)(H,24,25)/b11-10+/t16-/m1/s1. The van der Waals surface area contributed by atoms with Crippen LogP contribution in [0.4, 0.5) is 5.00 Å². The molecule has 2 aromatic rings. The highest BCUT2D eigenvalue weighted by molar-refractivity contribution is 7.91. The SMILES string of the molecule is O=C(/C=C/c1ccccc1)Nc1sc2c(c1C(=O)N[C@@H]1CCS(=O)(=O)C1)CCCC2. The van der Waals surface area contributed by atoms with Crippen molar-refractivity contribution in [1.29, 1.82) is 0 Å². The summed E-state index contributed by atoms with van der Waals surface area (Å²) in [6.45, 7) is 0. The van der Waals surface area contributed by atoms with Crippen molar-refractivity contribution in [3.05, 3.63) is 58.0 Å². The fourth-order valence-corrected chi connectivity index (χ4v) is 6.91. The predicted octanol–water partition coefficient (Wildman–Crippen LogP) is 3.20. The highest BCUT2D eigenvalue weighted by Crippen LogP contribution is 2.38. The van der Waals surface area contributed by atoms with E-state index in [1.54, 1.807) is 6.08 Å². The van der Waals surface area contributed by atoms with E-state index in [0.717, 1.165) is 41.7 Å². The minimum atomic E-state index is -3.08. The number of amides is 2. The van der Waals surface area contributed by atoms with Crippen LogP contribution >= 0.6 is 11.3 Å². The Morgan fingerprint density at radius 2 is 1.87 bits per heavy atom. The Bertz CT molecular complexity index is 1090. The van der Waals surface area contributed by atoms with Crippen LogP contribution in [0.25, 0.3) is 6.08 Å². The van der Waals surface area contributed by atoms with Gasteiger partial charge in [0.05, 0.1) is 17.1 Å². The van der Waals surface area contributed by atoms with E-state index in [1.165, 1.54) is 17.4 Å². The van der Waals surface area contributed by atoms with E-state index in [9.17, 15) is 18.0 Å². The van der Waals surface area contributed by atoms with Crippen LogP contribution in [0.3, 0.4) is 0 Å². The fourth-order valence-electron chi connectivity index (χ4n) is 3.95. The van der Waals surface area contributed by atoms with Gasteiger partial charge >= 0.3 is 0 Å². The molecule has 1 aromatic heterocycles. The quantitative estimate of drug-likeness (QED) is 0.693. The summed E-state index contributed by atoms with van der Waals surface area (Å²) in [7, 11) is -3.08. The first-order valence-corrected chi connectivity index (χ1v) is 12.7. The molecule has 8 heteroatoms. The summed E-state index contributed by atoms with van der Waals surface area (Å²) in [6.07, 6.45) is 7.38. The van der Waals surface area contributed by atoms with Gasteiger partial charge in [-0.1, -0.05) is 30.3 Å². The maximum Gasteiger partial charge on any atom is 0.254 e. The molecule has 1 aromatic carbocycles. The zero-order chi connectivity index (χ0) is 21.1. The van der Waals surface area contributed by atoms with Crippen LogP contribution in [0.1, 0.15) is 45.6 Å². The van der Waals surface area contributed by atoms with E-state index in [0.29, 0.717) is 17.0 Å². The summed E-state index contributed by atoms with van der Waals surface area (Å²) in [4.78, 5) is 26.7. The molecule has 1 fully saturated rings. The molecule has 6 nitrogen and oxygen atoms in total. The van der Waals surface area contributed by atoms with Gasteiger partial charge in [0.1, 0.15) is 5.00 Å². The molecular weight excluding hydrogens is 420 g/mol. The number of hydrogen-bond acceptors (Lipinski definition) is 5. The first-order valence-electron chi connectivity index (χ1n) is 10.1. The number of hydrogen-bond donors (Lipinski definition) is 2. The average Bonchev–Trinajstić information content (AvgIpc) is 3.25. The number of anilines is 1. The van der Waals surface area contributed by atoms with Gasteiger partial charge in [-0.15, -0.1) is 11.3 Å². The van der Waals surface area contributed by atoms with Crippen molar-refractivity contribution in [1.82, 2.24) is 5.32 Å². The largest absolute Gasteiger partial charge is 0.348 e. The Kier molecular flexibility index (Phi) is 6.06. The molecule has 1 saturated heterocycles. The number of carbonyl (C=O) groups excluding carboxylic acids is 2. The summed E-state index contributed by atoms with van der Waals surface area (Å²) < 4.78 is 23.5. The highest BCUT2D eigenvalue weighted by Gasteiger charge is 2.32. The second-order valence-electron chi connectivity index (χ2n) is 7.72. The number of nitrogens with one attached hydrogen (secondary N) is 2. The molecule has 1 atom stereocenters. The number of aryl methyl sites for hydroxylation is 1. The lowest BCUT2D eigenvalue weighted by molar-refractivity contribution is -0.111. The number of fused-ring (bicyclic) bond motifs is 1. The molecule has 0 saturated carbocycles. The molecule has 2 amide bonds. The zero-order valence-electron chi connectivity index (χ0n) is 16.5. The molecule has 2 aliphatic rings. The maximum atomic E-state index is 13.1. The third-order valence-corrected chi connectivity index (χ3v) is 8.40. The van der Waals surface area contributed by atoms with E-state index < -0.39 is 9.84 Å². The monoisotopic (exact) mass is 444 g/mol. The second kappa shape index (κ2) is 8.73. The lowest BCUT2D eigenvalue weighted by Gasteiger charge is -2.15. The van der Waals surface area contributed by atoms with Gasteiger partial charge in [-0.2, -0.15) is 0 Å². The van der Waals surface area contributed by atoms with Crippen molar-refractivity contribution in [2.45, 2.75) is 38.1 Å². The minimum absolute atomic E-state index is 0.0213. The molecule has 1 aliphatic carbocycles. The number of thiophene rings is 1. The van der Waals surface area contributed by atoms with Crippen molar-refractivity contribution >= 4 is 44.1 Å². The summed E-state index contributed by atoms with van der Waals surface area (Å²) in [5.74, 6) is -0.506. The number of rotatable bonds is 5. The average molecular weight is 445 g/mol. The Morgan fingerprint density at radius 1 is 1.10 bits per heavy atom. The van der Waals surface area contributed by atoms with Crippen LogP contribution < -0.4 is 10.6 Å². The van der Waals surface area contributed by atoms with Gasteiger partial charge in [-0.3, -0.25) is 9.59 Å². The molecule has 0 spiro atoms. The number of benzene rings is 1. The minimum Gasteiger partial charge on any atom is -0.348 e. The van der Waals surface area contributed by atoms with Crippen LogP contribution in [0.5, 0.6) is 0 Å². The van der Waals surface area contributed by atoms with Crippen molar-refractivity contribution in [2.75, 3.05) is 16.8 Å². The topological polar surface area (TPSA) is 92.3 Å². The van der Waals surface area contributed by atoms with Crippen LogP contribution in [-0.2, 0) is 27.5 Å². The van der Waals surface area contributed by atoms with Crippen molar-refractivity contribution in [3.8, 4) is 0 Å². The van der Waals surface area contributed by atoms with Crippen LogP contribution in [0.15, 0.2) is 36.4 Å². The van der Waals surface area contributed by atoms with E-state index in [-0.39, 0.29) is 29.4 Å². The first-order chi connectivity index (χ1) is 14.4. The lowest BCUT2D eigenvalue weighted by Crippen LogP contribution is -2.36. The zero-order valence-corrected chi connectivity index (χ0v) is 18.2. The van der Waals surface area contributed by atoms with Crippen LogP contribution in [0, 0.1) is 0 Å². The Labute approximate surface area is 180 Å². The van der Waals surface area contributed by atoms with Gasteiger partial charge in [-0.05, 0) is 49.3 Å². The molecule has 158 valence electrons. The second-order valence-corrected chi connectivity index (χ2v) is 11.1. The number of carbonyl (C=O) groups is 2. The summed E-state index contributed by atoms with van der Waals surface area (Å²) in [5.41, 5.74) is 2.41. The normalized spacial score (nSPS) is 20.1. The molecular formula is C22H24N2O4S2. The van der Waals surface area contributed by atoms with E-state index in [4.69, 9.17) is 0 Å². The van der Waals surface area contributed by atoms with Crippen molar-refractivity contribution in [3.63, 3.8) is 0 Å². The molecule has 0 radical (unpaired) electrons. The Balaban J connectivity index is 1.54. The van der Waals surface area contributed by atoms with Gasteiger partial charge in [0.2, 0.25) is 5.91 Å². The first kappa shape index (κ1) is 20.8. The fraction of sp³-hybridized carbons (Fsp3) is 0.364. The molecule has 0 unspecified atom stereocenters. The molecule has 30 heavy (non-hydrogen) atoms. The molecule has 4 rings (SSSR count). The van der Waals surface area contributed by atoms with Crippen LogP contribution in [0.2, 0.25) is 0 Å². The lowest BCUT2D eigenvalue weighted by atomic mass is 9.95. The van der Waals surface area contributed by atoms with E-state index in [1.807, 2.05) is 30.3 Å². The molecule has 2 heterocycles. The Hall–Kier alpha value is -2.45. The Morgan fingerprint density at radius 3 is 2.60 bits per heavy atom. The van der Waals surface area contributed by atoms with Gasteiger partial charge in [0.15, 0.2) is 9.84 Å². The predicted molar refractivity (Wildman–Crippen MR) is 120 cm³/mol. The third-order valence-electron chi connectivity index (χ3n) is 5.43. The highest BCUT2D eigenvalue weighted by atomic mass is 32.2. The third kappa shape index (κ3) is 4.82. The van der Waals surface area contributed by atoms with Gasteiger partial charge in [0.25, 0.3) is 5.91 Å². The molecule has 1 aliphatic heterocycles. The van der Waals surface area contributed by atoms with Gasteiger partial charge in [0, 0.05) is 17.0 Å². The summed E-state index contributed by atoms with van der Waals surface area (Å²) in [5, 5.41) is 6.30. The van der Waals surface area contributed by atoms with E-state index >= 15 is 0 Å². The molecule has 0 bridgehead atoms. The smallest absolute Gasteiger partial charge is 0.254 e. The van der Waals surface area contributed by atoms with Crippen LogP contribution in [-0.4, -0.2) is 37.8 Å². The maximum absolute atomic E-state index is 13.1. The van der Waals surface area contributed by atoms with Gasteiger partial charge in [-0.25, -0.2) is 8.42 Å².